The third kappa shape index (κ3) is 5.29. The molecule has 1 saturated carbocycles. The highest BCUT2D eigenvalue weighted by Gasteiger charge is 2.27. The number of alkyl carbamates (subject to hydrolysis) is 1. The van der Waals surface area contributed by atoms with Crippen LogP contribution in [0.2, 0.25) is 0 Å². The van der Waals surface area contributed by atoms with E-state index in [4.69, 9.17) is 14.2 Å². The molecule has 2 rings (SSSR count). The van der Waals surface area contributed by atoms with E-state index in [2.05, 4.69) is 5.32 Å². The maximum Gasteiger partial charge on any atom is 0.407 e. The summed E-state index contributed by atoms with van der Waals surface area (Å²) in [5.74, 6) is 0.648. The van der Waals surface area contributed by atoms with Gasteiger partial charge in [0, 0.05) is 12.5 Å². The Bertz CT molecular complexity index is 312. The second-order valence-electron chi connectivity index (χ2n) is 6.77. The zero-order valence-corrected chi connectivity index (χ0v) is 12.8. The van der Waals surface area contributed by atoms with Crippen molar-refractivity contribution < 1.29 is 19.0 Å². The van der Waals surface area contributed by atoms with Gasteiger partial charge in [0.15, 0.2) is 6.29 Å². The molecular formula is C15H27NO4. The third-order valence-electron chi connectivity index (χ3n) is 3.78. The van der Waals surface area contributed by atoms with E-state index in [1.54, 1.807) is 0 Å². The maximum absolute atomic E-state index is 11.7. The Balaban J connectivity index is 1.64. The Hall–Kier alpha value is -0.810. The molecule has 1 heterocycles. The molecule has 0 bridgehead atoms. The van der Waals surface area contributed by atoms with E-state index in [-0.39, 0.29) is 18.4 Å². The van der Waals surface area contributed by atoms with Crippen molar-refractivity contribution in [2.45, 2.75) is 70.8 Å². The molecule has 0 atom stereocenters. The number of hydrogen-bond donors (Lipinski definition) is 1. The Morgan fingerprint density at radius 2 is 1.75 bits per heavy atom. The SMILES string of the molecule is CC(C)(C)OC(=O)NC1CCC(CC2OCCO2)CC1. The minimum absolute atomic E-state index is 0.00429. The molecule has 20 heavy (non-hydrogen) atoms. The zero-order chi connectivity index (χ0) is 14.6. The first-order chi connectivity index (χ1) is 9.42. The topological polar surface area (TPSA) is 56.8 Å². The van der Waals surface area contributed by atoms with Gasteiger partial charge in [-0.1, -0.05) is 0 Å². The smallest absolute Gasteiger partial charge is 0.407 e. The lowest BCUT2D eigenvalue weighted by atomic mass is 9.84. The number of carbonyl (C=O) groups is 1. The Kier molecular flexibility index (Phi) is 5.27. The average Bonchev–Trinajstić information content (AvgIpc) is 2.82. The molecule has 1 aliphatic heterocycles. The summed E-state index contributed by atoms with van der Waals surface area (Å²) < 4.78 is 16.3. The van der Waals surface area contributed by atoms with Crippen LogP contribution in [0.15, 0.2) is 0 Å². The second kappa shape index (κ2) is 6.76. The van der Waals surface area contributed by atoms with E-state index in [9.17, 15) is 4.79 Å². The monoisotopic (exact) mass is 285 g/mol. The van der Waals surface area contributed by atoms with Crippen LogP contribution in [0.4, 0.5) is 4.79 Å². The van der Waals surface area contributed by atoms with Gasteiger partial charge in [-0.05, 0) is 52.4 Å². The number of hydrogen-bond acceptors (Lipinski definition) is 4. The van der Waals surface area contributed by atoms with Crippen molar-refractivity contribution in [3.63, 3.8) is 0 Å². The fraction of sp³-hybridized carbons (Fsp3) is 0.933. The number of ether oxygens (including phenoxy) is 3. The van der Waals surface area contributed by atoms with Crippen molar-refractivity contribution in [3.8, 4) is 0 Å². The Labute approximate surface area is 121 Å². The third-order valence-corrected chi connectivity index (χ3v) is 3.78. The van der Waals surface area contributed by atoms with E-state index >= 15 is 0 Å². The van der Waals surface area contributed by atoms with Gasteiger partial charge >= 0.3 is 6.09 Å². The van der Waals surface area contributed by atoms with Gasteiger partial charge < -0.3 is 19.5 Å². The Morgan fingerprint density at radius 1 is 1.15 bits per heavy atom. The van der Waals surface area contributed by atoms with Crippen molar-refractivity contribution in [2.75, 3.05) is 13.2 Å². The lowest BCUT2D eigenvalue weighted by molar-refractivity contribution is -0.0603. The highest BCUT2D eigenvalue weighted by molar-refractivity contribution is 5.68. The van der Waals surface area contributed by atoms with Gasteiger partial charge in [0.2, 0.25) is 0 Å². The first-order valence-electron chi connectivity index (χ1n) is 7.65. The summed E-state index contributed by atoms with van der Waals surface area (Å²) in [5, 5.41) is 2.97. The number of rotatable bonds is 3. The van der Waals surface area contributed by atoms with Gasteiger partial charge in [0.1, 0.15) is 5.60 Å². The molecule has 1 aliphatic carbocycles. The van der Waals surface area contributed by atoms with Gasteiger partial charge in [0.25, 0.3) is 0 Å². The lowest BCUT2D eigenvalue weighted by Gasteiger charge is -2.30. The summed E-state index contributed by atoms with van der Waals surface area (Å²) in [6, 6.07) is 0.242. The van der Waals surface area contributed by atoms with Gasteiger partial charge in [-0.15, -0.1) is 0 Å². The van der Waals surface area contributed by atoms with Crippen LogP contribution in [-0.2, 0) is 14.2 Å². The van der Waals surface area contributed by atoms with E-state index in [1.807, 2.05) is 20.8 Å². The molecule has 1 N–H and O–H groups in total. The van der Waals surface area contributed by atoms with Gasteiger partial charge in [-0.25, -0.2) is 4.79 Å². The first-order valence-corrected chi connectivity index (χ1v) is 7.65. The first kappa shape index (κ1) is 15.6. The number of carbonyl (C=O) groups excluding carboxylic acids is 1. The predicted octanol–water partition coefficient (Wildman–Crippen LogP) is 2.83. The van der Waals surface area contributed by atoms with Crippen LogP contribution < -0.4 is 5.32 Å². The van der Waals surface area contributed by atoms with Crippen LogP contribution in [-0.4, -0.2) is 37.2 Å². The van der Waals surface area contributed by atoms with Crippen molar-refractivity contribution in [2.24, 2.45) is 5.92 Å². The van der Waals surface area contributed by atoms with Crippen LogP contribution in [0.3, 0.4) is 0 Å². The fourth-order valence-electron chi connectivity index (χ4n) is 2.83. The molecule has 2 fully saturated rings. The fourth-order valence-corrected chi connectivity index (χ4v) is 2.83. The largest absolute Gasteiger partial charge is 0.444 e. The van der Waals surface area contributed by atoms with Crippen LogP contribution in [0.25, 0.3) is 0 Å². The van der Waals surface area contributed by atoms with Crippen LogP contribution in [0.1, 0.15) is 52.9 Å². The molecule has 5 heteroatoms. The standard InChI is InChI=1S/C15H27NO4/c1-15(2,3)20-14(17)16-12-6-4-11(5-7-12)10-13-18-8-9-19-13/h11-13H,4-10H2,1-3H3,(H,16,17). The molecule has 116 valence electrons. The molecule has 0 aromatic heterocycles. The highest BCUT2D eigenvalue weighted by Crippen LogP contribution is 2.29. The molecule has 1 amide bonds. The molecule has 5 nitrogen and oxygen atoms in total. The lowest BCUT2D eigenvalue weighted by Crippen LogP contribution is -2.41. The molecule has 0 aromatic rings. The zero-order valence-electron chi connectivity index (χ0n) is 12.8. The minimum Gasteiger partial charge on any atom is -0.444 e. The summed E-state index contributed by atoms with van der Waals surface area (Å²) in [7, 11) is 0. The molecule has 2 aliphatic rings. The van der Waals surface area contributed by atoms with Crippen molar-refractivity contribution in [1.82, 2.24) is 5.32 Å². The summed E-state index contributed by atoms with van der Waals surface area (Å²) in [5.41, 5.74) is -0.432. The van der Waals surface area contributed by atoms with E-state index in [1.165, 1.54) is 0 Å². The van der Waals surface area contributed by atoms with Gasteiger partial charge in [-0.3, -0.25) is 0 Å². The van der Waals surface area contributed by atoms with Crippen molar-refractivity contribution in [3.05, 3.63) is 0 Å². The summed E-state index contributed by atoms with van der Waals surface area (Å²) >= 11 is 0. The summed E-state index contributed by atoms with van der Waals surface area (Å²) in [6.07, 6.45) is 4.93. The van der Waals surface area contributed by atoms with Crippen molar-refractivity contribution >= 4 is 6.09 Å². The van der Waals surface area contributed by atoms with Crippen LogP contribution in [0, 0.1) is 5.92 Å². The molecular weight excluding hydrogens is 258 g/mol. The highest BCUT2D eigenvalue weighted by atomic mass is 16.7. The van der Waals surface area contributed by atoms with E-state index in [0.29, 0.717) is 5.92 Å². The quantitative estimate of drug-likeness (QED) is 0.866. The van der Waals surface area contributed by atoms with E-state index in [0.717, 1.165) is 45.3 Å². The van der Waals surface area contributed by atoms with Gasteiger partial charge in [0.05, 0.1) is 13.2 Å². The van der Waals surface area contributed by atoms with Gasteiger partial charge in [-0.2, -0.15) is 0 Å². The second-order valence-corrected chi connectivity index (χ2v) is 6.77. The Morgan fingerprint density at radius 3 is 2.30 bits per heavy atom. The van der Waals surface area contributed by atoms with Crippen LogP contribution in [0.5, 0.6) is 0 Å². The number of nitrogens with one attached hydrogen (secondary N) is 1. The molecule has 0 aromatic carbocycles. The van der Waals surface area contributed by atoms with Crippen molar-refractivity contribution in [1.29, 1.82) is 0 Å². The summed E-state index contributed by atoms with van der Waals surface area (Å²) in [6.45, 7) is 7.08. The molecule has 1 saturated heterocycles. The maximum atomic E-state index is 11.7. The van der Waals surface area contributed by atoms with Crippen LogP contribution >= 0.6 is 0 Å². The normalized spacial score (nSPS) is 28.4. The van der Waals surface area contributed by atoms with E-state index < -0.39 is 5.60 Å². The minimum atomic E-state index is -0.432. The predicted molar refractivity (Wildman–Crippen MR) is 75.4 cm³/mol. The molecule has 0 radical (unpaired) electrons. The summed E-state index contributed by atoms with van der Waals surface area (Å²) in [4.78, 5) is 11.7. The average molecular weight is 285 g/mol. The molecule has 0 spiro atoms. The number of amides is 1. The molecule has 0 unspecified atom stereocenters.